The minimum atomic E-state index is -1.15. The Kier molecular flexibility index (Phi) is 4.03. The molecule has 0 fully saturated rings. The van der Waals surface area contributed by atoms with Crippen molar-refractivity contribution in [2.75, 3.05) is 0 Å². The summed E-state index contributed by atoms with van der Waals surface area (Å²) < 4.78 is 19.3. The molecule has 0 aliphatic rings. The van der Waals surface area contributed by atoms with Crippen LogP contribution in [0.1, 0.15) is 27.0 Å². The van der Waals surface area contributed by atoms with Crippen LogP contribution in [0.5, 0.6) is 5.75 Å². The second kappa shape index (κ2) is 5.74. The van der Waals surface area contributed by atoms with Gasteiger partial charge in [0.15, 0.2) is 0 Å². The molecule has 20 heavy (non-hydrogen) atoms. The third-order valence-corrected chi connectivity index (χ3v) is 2.89. The first kappa shape index (κ1) is 14.1. The third-order valence-electron chi connectivity index (χ3n) is 2.89. The summed E-state index contributed by atoms with van der Waals surface area (Å²) in [6, 6.07) is 9.57. The number of ether oxygens (including phenoxy) is 1. The molecular formula is C16H15FO3. The molecule has 0 saturated heterocycles. The van der Waals surface area contributed by atoms with Crippen molar-refractivity contribution in [2.24, 2.45) is 0 Å². The Morgan fingerprint density at radius 1 is 1.15 bits per heavy atom. The van der Waals surface area contributed by atoms with Gasteiger partial charge in [0.2, 0.25) is 0 Å². The standard InChI is InChI=1S/C16H15FO3/c1-10-5-11(2)7-14(6-10)20-9-13-4-3-12(16(18)19)8-15(13)17/h3-8H,9H2,1-2H3,(H,18,19). The first-order valence-corrected chi connectivity index (χ1v) is 6.18. The van der Waals surface area contributed by atoms with Crippen LogP contribution in [0, 0.1) is 19.7 Å². The van der Waals surface area contributed by atoms with Crippen LogP contribution in [0.25, 0.3) is 0 Å². The van der Waals surface area contributed by atoms with E-state index < -0.39 is 11.8 Å². The Bertz CT molecular complexity index is 630. The highest BCUT2D eigenvalue weighted by atomic mass is 19.1. The fourth-order valence-corrected chi connectivity index (χ4v) is 1.97. The van der Waals surface area contributed by atoms with Gasteiger partial charge in [-0.3, -0.25) is 0 Å². The second-order valence-electron chi connectivity index (χ2n) is 4.72. The smallest absolute Gasteiger partial charge is 0.335 e. The molecule has 4 heteroatoms. The number of carboxylic acids is 1. The fraction of sp³-hybridized carbons (Fsp3) is 0.188. The Morgan fingerprint density at radius 3 is 2.35 bits per heavy atom. The lowest BCUT2D eigenvalue weighted by atomic mass is 10.1. The fourth-order valence-electron chi connectivity index (χ4n) is 1.97. The summed E-state index contributed by atoms with van der Waals surface area (Å²) in [7, 11) is 0. The summed E-state index contributed by atoms with van der Waals surface area (Å²) in [5, 5.41) is 8.77. The van der Waals surface area contributed by atoms with Crippen LogP contribution >= 0.6 is 0 Å². The first-order valence-electron chi connectivity index (χ1n) is 6.18. The van der Waals surface area contributed by atoms with Crippen molar-refractivity contribution in [3.05, 3.63) is 64.5 Å². The molecule has 104 valence electrons. The van der Waals surface area contributed by atoms with Gasteiger partial charge in [0.25, 0.3) is 0 Å². The molecule has 2 aromatic rings. The molecule has 0 aliphatic carbocycles. The lowest BCUT2D eigenvalue weighted by Crippen LogP contribution is -2.02. The van der Waals surface area contributed by atoms with Crippen molar-refractivity contribution in [3.63, 3.8) is 0 Å². The van der Waals surface area contributed by atoms with Crippen molar-refractivity contribution < 1.29 is 19.0 Å². The maximum atomic E-state index is 13.7. The van der Waals surface area contributed by atoms with Crippen LogP contribution in [0.3, 0.4) is 0 Å². The Morgan fingerprint density at radius 2 is 1.80 bits per heavy atom. The largest absolute Gasteiger partial charge is 0.489 e. The topological polar surface area (TPSA) is 46.5 Å². The van der Waals surface area contributed by atoms with E-state index in [1.807, 2.05) is 32.0 Å². The van der Waals surface area contributed by atoms with Crippen LogP contribution in [-0.4, -0.2) is 11.1 Å². The lowest BCUT2D eigenvalue weighted by Gasteiger charge is -2.09. The summed E-state index contributed by atoms with van der Waals surface area (Å²) >= 11 is 0. The zero-order chi connectivity index (χ0) is 14.7. The number of aromatic carboxylic acids is 1. The van der Waals surface area contributed by atoms with Crippen molar-refractivity contribution in [1.29, 1.82) is 0 Å². The van der Waals surface area contributed by atoms with Gasteiger partial charge < -0.3 is 9.84 Å². The van der Waals surface area contributed by atoms with Gasteiger partial charge in [-0.15, -0.1) is 0 Å². The van der Waals surface area contributed by atoms with E-state index in [0.29, 0.717) is 11.3 Å². The molecule has 2 aromatic carbocycles. The number of carboxylic acid groups (broad SMARTS) is 1. The van der Waals surface area contributed by atoms with E-state index in [9.17, 15) is 9.18 Å². The van der Waals surface area contributed by atoms with Crippen LogP contribution in [0.4, 0.5) is 4.39 Å². The molecule has 1 N–H and O–H groups in total. The highest BCUT2D eigenvalue weighted by Gasteiger charge is 2.09. The number of halogens is 1. The summed E-state index contributed by atoms with van der Waals surface area (Å²) in [5.74, 6) is -1.05. The summed E-state index contributed by atoms with van der Waals surface area (Å²) in [4.78, 5) is 10.7. The molecule has 0 unspecified atom stereocenters. The molecule has 0 aromatic heterocycles. The summed E-state index contributed by atoms with van der Waals surface area (Å²) in [6.45, 7) is 3.98. The molecule has 0 radical (unpaired) electrons. The molecule has 3 nitrogen and oxygen atoms in total. The zero-order valence-corrected chi connectivity index (χ0v) is 11.3. The molecule has 0 spiro atoms. The number of benzene rings is 2. The minimum absolute atomic E-state index is 0.0641. The van der Waals surface area contributed by atoms with Gasteiger partial charge in [0, 0.05) is 5.56 Å². The predicted molar refractivity (Wildman–Crippen MR) is 73.6 cm³/mol. The molecule has 0 heterocycles. The van der Waals surface area contributed by atoms with Gasteiger partial charge in [-0.05, 0) is 49.2 Å². The van der Waals surface area contributed by atoms with E-state index in [4.69, 9.17) is 9.84 Å². The average molecular weight is 274 g/mol. The molecule has 0 saturated carbocycles. The van der Waals surface area contributed by atoms with E-state index in [1.54, 1.807) is 0 Å². The van der Waals surface area contributed by atoms with E-state index in [2.05, 4.69) is 0 Å². The minimum Gasteiger partial charge on any atom is -0.489 e. The van der Waals surface area contributed by atoms with Gasteiger partial charge in [-0.25, -0.2) is 9.18 Å². The van der Waals surface area contributed by atoms with Gasteiger partial charge in [-0.2, -0.15) is 0 Å². The molecule has 0 atom stereocenters. The summed E-state index contributed by atoms with van der Waals surface area (Å²) in [5.41, 5.74) is 2.40. The molecule has 0 aliphatic heterocycles. The van der Waals surface area contributed by atoms with Crippen molar-refractivity contribution in [2.45, 2.75) is 20.5 Å². The van der Waals surface area contributed by atoms with Gasteiger partial charge in [-0.1, -0.05) is 12.1 Å². The third kappa shape index (κ3) is 3.35. The molecule has 0 amide bonds. The second-order valence-corrected chi connectivity index (χ2v) is 4.72. The molecule has 2 rings (SSSR count). The van der Waals surface area contributed by atoms with Gasteiger partial charge in [0.1, 0.15) is 18.2 Å². The van der Waals surface area contributed by atoms with Crippen LogP contribution in [-0.2, 0) is 6.61 Å². The maximum Gasteiger partial charge on any atom is 0.335 e. The number of aryl methyl sites for hydroxylation is 2. The Balaban J connectivity index is 2.12. The monoisotopic (exact) mass is 274 g/mol. The quantitative estimate of drug-likeness (QED) is 0.924. The number of carbonyl (C=O) groups is 1. The number of hydrogen-bond donors (Lipinski definition) is 1. The predicted octanol–water partition coefficient (Wildman–Crippen LogP) is 3.72. The average Bonchev–Trinajstić information content (AvgIpc) is 2.36. The van der Waals surface area contributed by atoms with E-state index in [-0.39, 0.29) is 12.2 Å². The number of rotatable bonds is 4. The highest BCUT2D eigenvalue weighted by Crippen LogP contribution is 2.19. The molecular weight excluding hydrogens is 259 g/mol. The van der Waals surface area contributed by atoms with Crippen molar-refractivity contribution >= 4 is 5.97 Å². The highest BCUT2D eigenvalue weighted by molar-refractivity contribution is 5.87. The normalized spacial score (nSPS) is 10.3. The Hall–Kier alpha value is -2.36. The van der Waals surface area contributed by atoms with Crippen molar-refractivity contribution in [1.82, 2.24) is 0 Å². The Labute approximate surface area is 116 Å². The van der Waals surface area contributed by atoms with Crippen LogP contribution in [0.15, 0.2) is 36.4 Å². The SMILES string of the molecule is Cc1cc(C)cc(OCc2ccc(C(=O)O)cc2F)c1. The van der Waals surface area contributed by atoms with Gasteiger partial charge >= 0.3 is 5.97 Å². The van der Waals surface area contributed by atoms with Crippen LogP contribution < -0.4 is 4.74 Å². The van der Waals surface area contributed by atoms with E-state index in [0.717, 1.165) is 17.2 Å². The van der Waals surface area contributed by atoms with E-state index >= 15 is 0 Å². The summed E-state index contributed by atoms with van der Waals surface area (Å²) in [6.07, 6.45) is 0. The van der Waals surface area contributed by atoms with E-state index in [1.165, 1.54) is 12.1 Å². The lowest BCUT2D eigenvalue weighted by molar-refractivity contribution is 0.0696. The first-order chi connectivity index (χ1) is 9.45. The maximum absolute atomic E-state index is 13.7. The molecule has 0 bridgehead atoms. The van der Waals surface area contributed by atoms with Gasteiger partial charge in [0.05, 0.1) is 5.56 Å². The van der Waals surface area contributed by atoms with Crippen molar-refractivity contribution in [3.8, 4) is 5.75 Å². The number of hydrogen-bond acceptors (Lipinski definition) is 2. The van der Waals surface area contributed by atoms with Crippen LogP contribution in [0.2, 0.25) is 0 Å². The zero-order valence-electron chi connectivity index (χ0n) is 11.3.